The van der Waals surface area contributed by atoms with E-state index in [2.05, 4.69) is 5.73 Å². The van der Waals surface area contributed by atoms with Crippen molar-refractivity contribution in [2.24, 2.45) is 5.73 Å². The van der Waals surface area contributed by atoms with Crippen molar-refractivity contribution in [1.82, 2.24) is 5.34 Å². The van der Waals surface area contributed by atoms with Gasteiger partial charge in [0.1, 0.15) is 0 Å². The summed E-state index contributed by atoms with van der Waals surface area (Å²) in [4.78, 5) is 20.0. The van der Waals surface area contributed by atoms with E-state index in [0.29, 0.717) is 0 Å². The van der Waals surface area contributed by atoms with Crippen LogP contribution in [0.3, 0.4) is 0 Å². The largest absolute Gasteiger partial charge is 0.480 e. The van der Waals surface area contributed by atoms with E-state index in [1.807, 2.05) is 0 Å². The van der Waals surface area contributed by atoms with E-state index in [-0.39, 0.29) is 0 Å². The third-order valence-corrected chi connectivity index (χ3v) is 0.915. The summed E-state index contributed by atoms with van der Waals surface area (Å²) in [5, 5.41) is 6.50. The Hall–Kier alpha value is -1.24. The minimum absolute atomic E-state index is 0.900. The van der Waals surface area contributed by atoms with Gasteiger partial charge < -0.3 is 10.8 Å². The number of carboxylic acids is 1. The molecule has 0 aromatic rings. The van der Waals surface area contributed by atoms with Gasteiger partial charge in [0.2, 0.25) is 5.91 Å². The van der Waals surface area contributed by atoms with Crippen molar-refractivity contribution < 1.29 is 23.7 Å². The Labute approximate surface area is 60.3 Å². The number of nitrogens with two attached hydrogens (primary N) is 1. The maximum absolute atomic E-state index is 11.6. The molecule has 1 amide bonds. The first-order valence-corrected chi connectivity index (χ1v) is 2.57. The van der Waals surface area contributed by atoms with Crippen LogP contribution in [0.2, 0.25) is 0 Å². The van der Waals surface area contributed by atoms with E-state index in [4.69, 9.17) is 5.11 Å². The Morgan fingerprint density at radius 1 is 1.55 bits per heavy atom. The van der Waals surface area contributed by atoms with Gasteiger partial charge in [-0.25, -0.2) is 0 Å². The molecule has 0 aliphatic heterocycles. The molecule has 7 heteroatoms. The Morgan fingerprint density at radius 3 is 2.09 bits per heavy atom. The lowest BCUT2D eigenvalue weighted by Gasteiger charge is -2.08. The quantitative estimate of drug-likeness (QED) is 0.548. The maximum Gasteiger partial charge on any atom is 0.327 e. The fraction of sp³-hybridized carbons (Fsp3) is 0.500. The molecular weight excluding hydrogens is 162 g/mol. The molecule has 5 nitrogen and oxygen atoms in total. The van der Waals surface area contributed by atoms with E-state index in [1.54, 1.807) is 0 Å². The van der Waals surface area contributed by atoms with Crippen molar-refractivity contribution >= 4 is 11.9 Å². The van der Waals surface area contributed by atoms with E-state index < -0.39 is 29.7 Å². The molecule has 0 unspecified atom stereocenters. The predicted octanol–water partition coefficient (Wildman–Crippen LogP) is -0.614. The fourth-order valence-electron chi connectivity index (χ4n) is 0.430. The van der Waals surface area contributed by atoms with Crippen LogP contribution in [0.5, 0.6) is 0 Å². The lowest BCUT2D eigenvalue weighted by atomic mass is 10.2. The summed E-state index contributed by atoms with van der Waals surface area (Å²) >= 11 is 0. The van der Waals surface area contributed by atoms with Crippen molar-refractivity contribution in [2.75, 3.05) is 0 Å². The van der Waals surface area contributed by atoms with Gasteiger partial charge in [-0.2, -0.15) is 0 Å². The number of carboxylic acid groups (broad SMARTS) is 1. The molecule has 64 valence electrons. The van der Waals surface area contributed by atoms with Gasteiger partial charge in [-0.3, -0.25) is 9.59 Å². The highest BCUT2D eigenvalue weighted by atomic mass is 19.4. The van der Waals surface area contributed by atoms with Crippen molar-refractivity contribution in [1.29, 1.82) is 0 Å². The fourth-order valence-corrected chi connectivity index (χ4v) is 0.430. The summed E-state index contributed by atoms with van der Waals surface area (Å²) in [6, 6.07) is -2.15. The van der Waals surface area contributed by atoms with Crippen LogP contribution >= 0.6 is 0 Å². The molecule has 1 atom stereocenters. The van der Waals surface area contributed by atoms with Crippen molar-refractivity contribution in [3.8, 4) is 0 Å². The van der Waals surface area contributed by atoms with Gasteiger partial charge >= 0.3 is 5.97 Å². The van der Waals surface area contributed by atoms with Crippen LogP contribution in [0.15, 0.2) is 0 Å². The molecule has 11 heavy (non-hydrogen) atoms. The molecule has 0 aromatic heterocycles. The molecule has 0 aliphatic rings. The lowest BCUT2D eigenvalue weighted by Crippen LogP contribution is -2.35. The number of primary amides is 1. The van der Waals surface area contributed by atoms with Gasteiger partial charge in [0.15, 0.2) is 6.04 Å². The highest BCUT2D eigenvalue weighted by molar-refractivity contribution is 5.83. The van der Waals surface area contributed by atoms with E-state index in [0.717, 1.165) is 0 Å². The first-order valence-electron chi connectivity index (χ1n) is 2.57. The number of nitrogens with zero attached hydrogens (tertiary/aromatic N) is 1. The summed E-state index contributed by atoms with van der Waals surface area (Å²) in [6.07, 6.45) is -0.900. The topological polar surface area (TPSA) is 83.6 Å². The predicted molar refractivity (Wildman–Crippen MR) is 29.3 cm³/mol. The van der Waals surface area contributed by atoms with Gasteiger partial charge in [0.25, 0.3) is 0 Å². The molecule has 0 saturated carbocycles. The summed E-state index contributed by atoms with van der Waals surface area (Å²) in [6.45, 7) is 0. The number of hydrogen-bond donors (Lipinski definition) is 2. The highest BCUT2D eigenvalue weighted by Crippen LogP contribution is 2.04. The molecule has 0 aromatic carbocycles. The minimum Gasteiger partial charge on any atom is -0.480 e. The number of carbonyl (C=O) groups excluding carboxylic acids is 1. The second-order valence-corrected chi connectivity index (χ2v) is 1.78. The number of aliphatic carboxylic acids is 1. The van der Waals surface area contributed by atoms with Gasteiger partial charge in [-0.1, -0.05) is 0 Å². The van der Waals surface area contributed by atoms with Crippen molar-refractivity contribution in [2.45, 2.75) is 12.5 Å². The zero-order valence-corrected chi connectivity index (χ0v) is 5.33. The Balaban J connectivity index is 4.12. The van der Waals surface area contributed by atoms with Crippen LogP contribution in [0, 0.1) is 0 Å². The molecule has 0 bridgehead atoms. The van der Waals surface area contributed by atoms with E-state index in [9.17, 15) is 18.6 Å². The molecule has 3 N–H and O–H groups in total. The second-order valence-electron chi connectivity index (χ2n) is 1.78. The zero-order valence-electron chi connectivity index (χ0n) is 5.33. The first-order chi connectivity index (χ1) is 4.95. The summed E-state index contributed by atoms with van der Waals surface area (Å²) in [7, 11) is 0. The number of carbonyl (C=O) groups is 2. The molecule has 0 fully saturated rings. The maximum atomic E-state index is 11.6. The van der Waals surface area contributed by atoms with E-state index >= 15 is 0 Å². The number of halogens is 2. The minimum atomic E-state index is -2.15. The van der Waals surface area contributed by atoms with E-state index in [1.165, 1.54) is 0 Å². The SMILES string of the molecule is NC(=O)C[C@@H](C(=O)O)N(F)F. The monoisotopic (exact) mass is 168 g/mol. The normalized spacial score (nSPS) is 13.0. The van der Waals surface area contributed by atoms with Gasteiger partial charge in [-0.05, 0) is 0 Å². The Morgan fingerprint density at radius 2 is 2.00 bits per heavy atom. The molecule has 0 aliphatic carbocycles. The van der Waals surface area contributed by atoms with Crippen LogP contribution < -0.4 is 5.73 Å². The third-order valence-electron chi connectivity index (χ3n) is 0.915. The molecule has 0 heterocycles. The van der Waals surface area contributed by atoms with Crippen molar-refractivity contribution in [3.05, 3.63) is 0 Å². The average molecular weight is 168 g/mol. The molecular formula is C4H6F2N2O3. The van der Waals surface area contributed by atoms with Crippen LogP contribution in [-0.4, -0.2) is 28.4 Å². The molecule has 0 saturated heterocycles. The zero-order chi connectivity index (χ0) is 9.02. The van der Waals surface area contributed by atoms with Crippen LogP contribution in [0.25, 0.3) is 0 Å². The first kappa shape index (κ1) is 9.76. The third kappa shape index (κ3) is 3.46. The Kier molecular flexibility index (Phi) is 3.38. The molecule has 0 spiro atoms. The number of amides is 1. The molecule has 0 rings (SSSR count). The van der Waals surface area contributed by atoms with Crippen LogP contribution in [0.4, 0.5) is 8.96 Å². The van der Waals surface area contributed by atoms with Gasteiger partial charge in [0, 0.05) is 5.34 Å². The van der Waals surface area contributed by atoms with Crippen LogP contribution in [0.1, 0.15) is 6.42 Å². The summed E-state index contributed by atoms with van der Waals surface area (Å²) in [5.74, 6) is -2.87. The average Bonchev–Trinajstić information content (AvgIpc) is 1.81. The molecule has 0 radical (unpaired) electrons. The number of rotatable bonds is 4. The van der Waals surface area contributed by atoms with Gasteiger partial charge in [0.05, 0.1) is 6.42 Å². The summed E-state index contributed by atoms with van der Waals surface area (Å²) < 4.78 is 23.1. The second kappa shape index (κ2) is 3.81. The number of hydrogen-bond acceptors (Lipinski definition) is 3. The Bertz CT molecular complexity index is 173. The highest BCUT2D eigenvalue weighted by Gasteiger charge is 2.28. The van der Waals surface area contributed by atoms with Crippen molar-refractivity contribution in [3.63, 3.8) is 0 Å². The van der Waals surface area contributed by atoms with Crippen LogP contribution in [-0.2, 0) is 9.59 Å². The smallest absolute Gasteiger partial charge is 0.327 e. The standard InChI is InChI=1S/C4H6F2N2O3/c5-8(6)2(4(10)11)1-3(7)9/h2H,1H2,(H2,7,9)(H,10,11)/t2-/m0/s1. The van der Waals surface area contributed by atoms with Gasteiger partial charge in [-0.15, -0.1) is 8.96 Å². The lowest BCUT2D eigenvalue weighted by molar-refractivity contribution is -0.202. The summed E-state index contributed by atoms with van der Waals surface area (Å²) in [5.41, 5.74) is 4.51.